The van der Waals surface area contributed by atoms with E-state index in [2.05, 4.69) is 5.32 Å². The Morgan fingerprint density at radius 1 is 1.64 bits per heavy atom. The number of nitrogen functional groups attached to an aromatic ring is 1. The molecule has 0 saturated carbocycles. The molecule has 0 aliphatic carbocycles. The fraction of sp³-hybridized carbons (Fsp3) is 0.300. The summed E-state index contributed by atoms with van der Waals surface area (Å²) in [5.41, 5.74) is 7.50. The second-order valence-corrected chi connectivity index (χ2v) is 3.14. The first-order chi connectivity index (χ1) is 6.67. The number of hydrogen-bond acceptors (Lipinski definition) is 4. The zero-order chi connectivity index (χ0) is 10.6. The lowest BCUT2D eigenvalue weighted by Crippen LogP contribution is -2.20. The Labute approximate surface area is 83.0 Å². The molecular weight excluding hydrogens is 178 g/mol. The third-order valence-electron chi connectivity index (χ3n) is 1.86. The summed E-state index contributed by atoms with van der Waals surface area (Å²) in [4.78, 5) is 0. The minimum atomic E-state index is -0.0776. The van der Waals surface area contributed by atoms with Gasteiger partial charge in [0.2, 0.25) is 0 Å². The predicted molar refractivity (Wildman–Crippen MR) is 55.7 cm³/mol. The lowest BCUT2D eigenvalue weighted by Gasteiger charge is -2.14. The maximum atomic E-state index is 8.85. The SMILES string of the molecule is CC(CO)Nc1cc(C#N)ccc1N. The molecule has 1 aromatic carbocycles. The van der Waals surface area contributed by atoms with Crippen molar-refractivity contribution in [1.29, 1.82) is 5.26 Å². The molecule has 0 spiro atoms. The number of aliphatic hydroxyl groups excluding tert-OH is 1. The Kier molecular flexibility index (Phi) is 3.32. The van der Waals surface area contributed by atoms with Crippen molar-refractivity contribution in [2.24, 2.45) is 0 Å². The lowest BCUT2D eigenvalue weighted by molar-refractivity contribution is 0.281. The Bertz CT molecular complexity index is 357. The first kappa shape index (κ1) is 10.4. The molecule has 4 N–H and O–H groups in total. The summed E-state index contributed by atoms with van der Waals surface area (Å²) in [5.74, 6) is 0. The van der Waals surface area contributed by atoms with Crippen LogP contribution in [0, 0.1) is 11.3 Å². The van der Waals surface area contributed by atoms with Gasteiger partial charge in [0.05, 0.1) is 29.6 Å². The van der Waals surface area contributed by atoms with Gasteiger partial charge >= 0.3 is 0 Å². The number of nitrogens with one attached hydrogen (secondary N) is 1. The third kappa shape index (κ3) is 2.38. The van der Waals surface area contributed by atoms with Crippen LogP contribution in [-0.4, -0.2) is 17.8 Å². The minimum absolute atomic E-state index is 0.0240. The van der Waals surface area contributed by atoms with Crippen LogP contribution < -0.4 is 11.1 Å². The largest absolute Gasteiger partial charge is 0.397 e. The molecular formula is C10H13N3O. The summed E-state index contributed by atoms with van der Waals surface area (Å²) in [6, 6.07) is 6.95. The van der Waals surface area contributed by atoms with E-state index in [9.17, 15) is 0 Å². The van der Waals surface area contributed by atoms with Crippen molar-refractivity contribution >= 4 is 11.4 Å². The molecule has 1 aromatic rings. The number of nitrogens with zero attached hydrogens (tertiary/aromatic N) is 1. The van der Waals surface area contributed by atoms with Crippen molar-refractivity contribution in [3.8, 4) is 6.07 Å². The predicted octanol–water partition coefficient (Wildman–Crippen LogP) is 0.933. The van der Waals surface area contributed by atoms with Crippen LogP contribution in [0.25, 0.3) is 0 Å². The van der Waals surface area contributed by atoms with Crippen molar-refractivity contribution in [3.63, 3.8) is 0 Å². The van der Waals surface area contributed by atoms with Crippen LogP contribution in [0.1, 0.15) is 12.5 Å². The molecule has 0 aliphatic rings. The van der Waals surface area contributed by atoms with Crippen molar-refractivity contribution < 1.29 is 5.11 Å². The van der Waals surface area contributed by atoms with Crippen LogP contribution in [0.4, 0.5) is 11.4 Å². The van der Waals surface area contributed by atoms with Gasteiger partial charge in [0.25, 0.3) is 0 Å². The van der Waals surface area contributed by atoms with E-state index in [-0.39, 0.29) is 12.6 Å². The fourth-order valence-corrected chi connectivity index (χ4v) is 1.06. The highest BCUT2D eigenvalue weighted by molar-refractivity contribution is 5.68. The van der Waals surface area contributed by atoms with E-state index < -0.39 is 0 Å². The second-order valence-electron chi connectivity index (χ2n) is 3.14. The van der Waals surface area contributed by atoms with Gasteiger partial charge in [-0.25, -0.2) is 0 Å². The molecule has 4 heteroatoms. The zero-order valence-electron chi connectivity index (χ0n) is 7.99. The van der Waals surface area contributed by atoms with Gasteiger partial charge in [0.15, 0.2) is 0 Å². The van der Waals surface area contributed by atoms with E-state index in [1.807, 2.05) is 13.0 Å². The average Bonchev–Trinajstić information content (AvgIpc) is 2.21. The van der Waals surface area contributed by atoms with Gasteiger partial charge in [-0.15, -0.1) is 0 Å². The highest BCUT2D eigenvalue weighted by Crippen LogP contribution is 2.20. The monoisotopic (exact) mass is 191 g/mol. The van der Waals surface area contributed by atoms with Gasteiger partial charge in [0.1, 0.15) is 0 Å². The van der Waals surface area contributed by atoms with Gasteiger partial charge in [-0.3, -0.25) is 0 Å². The highest BCUT2D eigenvalue weighted by Gasteiger charge is 2.04. The summed E-state index contributed by atoms with van der Waals surface area (Å²) >= 11 is 0. The molecule has 1 rings (SSSR count). The van der Waals surface area contributed by atoms with Crippen LogP contribution in [0.5, 0.6) is 0 Å². The number of aliphatic hydroxyl groups is 1. The van der Waals surface area contributed by atoms with Gasteiger partial charge < -0.3 is 16.2 Å². The first-order valence-electron chi connectivity index (χ1n) is 4.34. The first-order valence-corrected chi connectivity index (χ1v) is 4.34. The normalized spacial score (nSPS) is 11.8. The van der Waals surface area contributed by atoms with Crippen molar-refractivity contribution in [3.05, 3.63) is 23.8 Å². The quantitative estimate of drug-likeness (QED) is 0.621. The Morgan fingerprint density at radius 3 is 2.93 bits per heavy atom. The van der Waals surface area contributed by atoms with E-state index in [0.717, 1.165) is 0 Å². The Balaban J connectivity index is 2.90. The van der Waals surface area contributed by atoms with E-state index >= 15 is 0 Å². The molecule has 1 unspecified atom stereocenters. The fourth-order valence-electron chi connectivity index (χ4n) is 1.06. The van der Waals surface area contributed by atoms with Gasteiger partial charge in [0, 0.05) is 6.04 Å². The minimum Gasteiger partial charge on any atom is -0.397 e. The number of benzene rings is 1. The second kappa shape index (κ2) is 4.49. The van der Waals surface area contributed by atoms with Gasteiger partial charge in [-0.05, 0) is 25.1 Å². The molecule has 0 radical (unpaired) electrons. The molecule has 0 fully saturated rings. The molecule has 0 saturated heterocycles. The van der Waals surface area contributed by atoms with Crippen molar-refractivity contribution in [2.75, 3.05) is 17.7 Å². The summed E-state index contributed by atoms with van der Waals surface area (Å²) in [6.45, 7) is 1.86. The van der Waals surface area contributed by atoms with Crippen LogP contribution in [0.15, 0.2) is 18.2 Å². The smallest absolute Gasteiger partial charge is 0.0992 e. The summed E-state index contributed by atoms with van der Waals surface area (Å²) in [5, 5.41) is 20.5. The van der Waals surface area contributed by atoms with E-state index in [4.69, 9.17) is 16.1 Å². The molecule has 0 aromatic heterocycles. The molecule has 74 valence electrons. The van der Waals surface area contributed by atoms with Crippen LogP contribution >= 0.6 is 0 Å². The number of rotatable bonds is 3. The Hall–Kier alpha value is -1.73. The average molecular weight is 191 g/mol. The van der Waals surface area contributed by atoms with E-state index in [1.165, 1.54) is 0 Å². The molecule has 0 aliphatic heterocycles. The van der Waals surface area contributed by atoms with Crippen molar-refractivity contribution in [2.45, 2.75) is 13.0 Å². The van der Waals surface area contributed by atoms with Gasteiger partial charge in [-0.2, -0.15) is 5.26 Å². The molecule has 14 heavy (non-hydrogen) atoms. The summed E-state index contributed by atoms with van der Waals surface area (Å²) in [7, 11) is 0. The van der Waals surface area contributed by atoms with Gasteiger partial charge in [-0.1, -0.05) is 0 Å². The zero-order valence-corrected chi connectivity index (χ0v) is 7.99. The van der Waals surface area contributed by atoms with Crippen LogP contribution in [0.2, 0.25) is 0 Å². The van der Waals surface area contributed by atoms with E-state index in [1.54, 1.807) is 18.2 Å². The maximum Gasteiger partial charge on any atom is 0.0992 e. The topological polar surface area (TPSA) is 82.1 Å². The summed E-state index contributed by atoms with van der Waals surface area (Å²) < 4.78 is 0. The molecule has 0 bridgehead atoms. The molecule has 0 heterocycles. The lowest BCUT2D eigenvalue weighted by atomic mass is 10.2. The number of nitriles is 1. The number of nitrogens with two attached hydrogens (primary N) is 1. The highest BCUT2D eigenvalue weighted by atomic mass is 16.3. The molecule has 1 atom stereocenters. The number of anilines is 2. The number of hydrogen-bond donors (Lipinski definition) is 3. The third-order valence-corrected chi connectivity index (χ3v) is 1.86. The van der Waals surface area contributed by atoms with Crippen LogP contribution in [0.3, 0.4) is 0 Å². The summed E-state index contributed by atoms with van der Waals surface area (Å²) in [6.07, 6.45) is 0. The Morgan fingerprint density at radius 2 is 2.36 bits per heavy atom. The van der Waals surface area contributed by atoms with Crippen molar-refractivity contribution in [1.82, 2.24) is 0 Å². The molecule has 4 nitrogen and oxygen atoms in total. The van der Waals surface area contributed by atoms with E-state index in [0.29, 0.717) is 16.9 Å². The maximum absolute atomic E-state index is 8.85. The standard InChI is InChI=1S/C10H13N3O/c1-7(6-14)13-10-4-8(5-11)2-3-9(10)12/h2-4,7,13-14H,6,12H2,1H3. The van der Waals surface area contributed by atoms with Crippen LogP contribution in [-0.2, 0) is 0 Å². The molecule has 0 amide bonds.